The largest absolute Gasteiger partial charge is 0.361 e. The predicted octanol–water partition coefficient (Wildman–Crippen LogP) is 4.64. The van der Waals surface area contributed by atoms with Crippen LogP contribution in [-0.2, 0) is 5.88 Å². The van der Waals surface area contributed by atoms with E-state index in [1.165, 1.54) is 0 Å². The first-order valence-corrected chi connectivity index (χ1v) is 7.59. The second-order valence-electron chi connectivity index (χ2n) is 5.08. The summed E-state index contributed by atoms with van der Waals surface area (Å²) in [5.74, 6) is 1.96. The number of benzene rings is 1. The molecule has 4 nitrogen and oxygen atoms in total. The molecule has 3 aromatic rings. The van der Waals surface area contributed by atoms with E-state index in [0.717, 1.165) is 33.9 Å². The number of alkyl halides is 1. The maximum absolute atomic E-state index is 6.07. The molecule has 0 N–H and O–H groups in total. The Hall–Kier alpha value is -1.52. The molecule has 0 aliphatic rings. The van der Waals surface area contributed by atoms with Crippen molar-refractivity contribution < 1.29 is 4.52 Å². The molecule has 1 aromatic carbocycles. The first-order valence-electron chi connectivity index (χ1n) is 6.68. The predicted molar refractivity (Wildman–Crippen MR) is 84.1 cm³/mol. The fraction of sp³-hybridized carbons (Fsp3) is 0.333. The van der Waals surface area contributed by atoms with Gasteiger partial charge in [-0.1, -0.05) is 16.8 Å². The molecule has 0 spiro atoms. The molecule has 0 radical (unpaired) electrons. The highest BCUT2D eigenvalue weighted by Gasteiger charge is 2.22. The Kier molecular flexibility index (Phi) is 3.68. The molecular weight excluding hydrogens is 309 g/mol. The summed E-state index contributed by atoms with van der Waals surface area (Å²) >= 11 is 12.1. The summed E-state index contributed by atoms with van der Waals surface area (Å²) in [5, 5.41) is 4.70. The maximum atomic E-state index is 6.07. The zero-order chi connectivity index (χ0) is 15.1. The van der Waals surface area contributed by atoms with Gasteiger partial charge in [0.15, 0.2) is 0 Å². The second kappa shape index (κ2) is 5.35. The van der Waals surface area contributed by atoms with Crippen molar-refractivity contribution in [3.63, 3.8) is 0 Å². The van der Waals surface area contributed by atoms with Crippen LogP contribution in [-0.4, -0.2) is 14.7 Å². The number of hydrogen-bond acceptors (Lipinski definition) is 3. The Morgan fingerprint density at radius 1 is 1.33 bits per heavy atom. The quantitative estimate of drug-likeness (QED) is 0.659. The van der Waals surface area contributed by atoms with E-state index in [9.17, 15) is 0 Å². The minimum Gasteiger partial charge on any atom is -0.361 e. The molecule has 0 fully saturated rings. The molecule has 1 atom stereocenters. The lowest BCUT2D eigenvalue weighted by molar-refractivity contribution is 0.391. The lowest BCUT2D eigenvalue weighted by Gasteiger charge is -2.17. The van der Waals surface area contributed by atoms with Crippen molar-refractivity contribution in [1.29, 1.82) is 0 Å². The molecule has 2 aromatic heterocycles. The highest BCUT2D eigenvalue weighted by Crippen LogP contribution is 2.31. The summed E-state index contributed by atoms with van der Waals surface area (Å²) in [5.41, 5.74) is 3.80. The molecule has 21 heavy (non-hydrogen) atoms. The average molecular weight is 324 g/mol. The van der Waals surface area contributed by atoms with Gasteiger partial charge in [-0.15, -0.1) is 11.6 Å². The number of halogens is 2. The molecule has 3 rings (SSSR count). The molecule has 2 heterocycles. The number of rotatable bonds is 3. The van der Waals surface area contributed by atoms with Gasteiger partial charge in [0.2, 0.25) is 0 Å². The lowest BCUT2D eigenvalue weighted by atomic mass is 10.1. The van der Waals surface area contributed by atoms with Crippen LogP contribution < -0.4 is 0 Å². The Morgan fingerprint density at radius 3 is 2.71 bits per heavy atom. The molecule has 0 aliphatic heterocycles. The first-order chi connectivity index (χ1) is 10.0. The number of fused-ring (bicyclic) bond motifs is 1. The normalized spacial score (nSPS) is 13.0. The smallest absolute Gasteiger partial charge is 0.139 e. The van der Waals surface area contributed by atoms with Crippen molar-refractivity contribution >= 4 is 34.2 Å². The van der Waals surface area contributed by atoms with E-state index < -0.39 is 0 Å². The number of hydrogen-bond donors (Lipinski definition) is 0. The zero-order valence-corrected chi connectivity index (χ0v) is 13.5. The number of aromatic nitrogens is 3. The van der Waals surface area contributed by atoms with Crippen LogP contribution in [0, 0.1) is 13.8 Å². The summed E-state index contributed by atoms with van der Waals surface area (Å²) in [6, 6.07) is 5.72. The van der Waals surface area contributed by atoms with E-state index in [1.54, 1.807) is 0 Å². The Labute approximate surface area is 132 Å². The van der Waals surface area contributed by atoms with E-state index in [1.807, 2.05) is 32.0 Å². The van der Waals surface area contributed by atoms with Crippen molar-refractivity contribution in [2.45, 2.75) is 32.7 Å². The van der Waals surface area contributed by atoms with Crippen LogP contribution in [0.1, 0.15) is 35.8 Å². The van der Waals surface area contributed by atoms with Crippen LogP contribution in [0.25, 0.3) is 11.0 Å². The Bertz CT molecular complexity index is 787. The highest BCUT2D eigenvalue weighted by molar-refractivity contribution is 6.31. The van der Waals surface area contributed by atoms with Gasteiger partial charge in [-0.05, 0) is 39.0 Å². The monoisotopic (exact) mass is 323 g/mol. The van der Waals surface area contributed by atoms with Gasteiger partial charge < -0.3 is 9.09 Å². The van der Waals surface area contributed by atoms with Crippen LogP contribution in [0.15, 0.2) is 22.7 Å². The molecule has 0 aliphatic carbocycles. The SMILES string of the molecule is Cc1noc(C)c1C(C)n1c(CCl)nc2cc(Cl)ccc21. The fourth-order valence-corrected chi connectivity index (χ4v) is 3.22. The third-order valence-electron chi connectivity index (χ3n) is 3.74. The average Bonchev–Trinajstić information content (AvgIpc) is 2.98. The van der Waals surface area contributed by atoms with Gasteiger partial charge in [0.05, 0.1) is 28.6 Å². The van der Waals surface area contributed by atoms with Crippen molar-refractivity contribution in [3.05, 3.63) is 46.1 Å². The van der Waals surface area contributed by atoms with Gasteiger partial charge in [-0.25, -0.2) is 4.98 Å². The molecule has 0 amide bonds. The van der Waals surface area contributed by atoms with E-state index in [-0.39, 0.29) is 6.04 Å². The van der Waals surface area contributed by atoms with Crippen LogP contribution in [0.5, 0.6) is 0 Å². The van der Waals surface area contributed by atoms with Gasteiger partial charge in [-0.3, -0.25) is 0 Å². The van der Waals surface area contributed by atoms with Gasteiger partial charge in [0.1, 0.15) is 11.6 Å². The number of nitrogens with zero attached hydrogens (tertiary/aromatic N) is 3. The molecule has 110 valence electrons. The van der Waals surface area contributed by atoms with Crippen molar-refractivity contribution in [1.82, 2.24) is 14.7 Å². The van der Waals surface area contributed by atoms with Gasteiger partial charge in [-0.2, -0.15) is 0 Å². The minimum absolute atomic E-state index is 0.0381. The van der Waals surface area contributed by atoms with E-state index in [2.05, 4.69) is 21.6 Å². The van der Waals surface area contributed by atoms with Gasteiger partial charge in [0.25, 0.3) is 0 Å². The van der Waals surface area contributed by atoms with Crippen molar-refractivity contribution in [2.75, 3.05) is 0 Å². The van der Waals surface area contributed by atoms with Gasteiger partial charge >= 0.3 is 0 Å². The molecule has 0 saturated heterocycles. The topological polar surface area (TPSA) is 43.9 Å². The standard InChI is InChI=1S/C15H15Cl2N3O/c1-8-15(10(3)21-19-8)9(2)20-13-5-4-11(17)6-12(13)18-14(20)7-16/h4-6,9H,7H2,1-3H3. The van der Waals surface area contributed by atoms with Gasteiger partial charge in [0, 0.05) is 10.6 Å². The summed E-state index contributed by atoms with van der Waals surface area (Å²) in [4.78, 5) is 4.58. The van der Waals surface area contributed by atoms with Crippen molar-refractivity contribution in [3.8, 4) is 0 Å². The molecule has 1 unspecified atom stereocenters. The van der Waals surface area contributed by atoms with E-state index in [4.69, 9.17) is 27.7 Å². The lowest BCUT2D eigenvalue weighted by Crippen LogP contribution is -2.11. The molecular formula is C15H15Cl2N3O. The summed E-state index contributed by atoms with van der Waals surface area (Å²) in [7, 11) is 0. The third-order valence-corrected chi connectivity index (χ3v) is 4.21. The Morgan fingerprint density at radius 2 is 2.10 bits per heavy atom. The maximum Gasteiger partial charge on any atom is 0.139 e. The van der Waals surface area contributed by atoms with Crippen LogP contribution in [0.2, 0.25) is 5.02 Å². The summed E-state index contributed by atoms with van der Waals surface area (Å²) in [6.07, 6.45) is 0. The van der Waals surface area contributed by atoms with E-state index >= 15 is 0 Å². The highest BCUT2D eigenvalue weighted by atomic mass is 35.5. The summed E-state index contributed by atoms with van der Waals surface area (Å²) in [6.45, 7) is 5.96. The molecule has 0 saturated carbocycles. The minimum atomic E-state index is 0.0381. The van der Waals surface area contributed by atoms with Crippen LogP contribution >= 0.6 is 23.2 Å². The fourth-order valence-electron chi connectivity index (χ4n) is 2.86. The van der Waals surface area contributed by atoms with Crippen molar-refractivity contribution in [2.24, 2.45) is 0 Å². The third kappa shape index (κ3) is 2.32. The summed E-state index contributed by atoms with van der Waals surface area (Å²) < 4.78 is 7.40. The van der Waals surface area contributed by atoms with Crippen LogP contribution in [0.4, 0.5) is 0 Å². The van der Waals surface area contributed by atoms with Crippen LogP contribution in [0.3, 0.4) is 0 Å². The Balaban J connectivity index is 2.23. The number of imidazole rings is 1. The second-order valence-corrected chi connectivity index (χ2v) is 5.78. The molecule has 0 bridgehead atoms. The molecule has 6 heteroatoms. The first kappa shape index (κ1) is 14.4. The number of aryl methyl sites for hydroxylation is 2. The zero-order valence-electron chi connectivity index (χ0n) is 12.0. The van der Waals surface area contributed by atoms with E-state index in [0.29, 0.717) is 10.9 Å².